The fourth-order valence-corrected chi connectivity index (χ4v) is 3.45. The third-order valence-corrected chi connectivity index (χ3v) is 4.69. The highest BCUT2D eigenvalue weighted by Crippen LogP contribution is 2.31. The van der Waals surface area contributed by atoms with Crippen LogP contribution in [0.4, 0.5) is 5.69 Å². The van der Waals surface area contributed by atoms with Crippen LogP contribution in [0.1, 0.15) is 12.1 Å². The van der Waals surface area contributed by atoms with Gasteiger partial charge in [0.25, 0.3) is 0 Å². The SMILES string of the molecule is COC(=O)C[C@@H]1CSC(c2cc3cc(OC)cc(N)c3[nH]2)=N1. The number of carbonyl (C=O) groups is 1. The van der Waals surface area contributed by atoms with Crippen molar-refractivity contribution in [3.8, 4) is 5.75 Å². The van der Waals surface area contributed by atoms with E-state index in [1.807, 2.05) is 12.1 Å². The normalized spacial score (nSPS) is 17.5. The van der Waals surface area contributed by atoms with Crippen LogP contribution < -0.4 is 10.5 Å². The number of methoxy groups -OCH3 is 2. The summed E-state index contributed by atoms with van der Waals surface area (Å²) in [4.78, 5) is 19.2. The maximum Gasteiger partial charge on any atom is 0.307 e. The molecule has 0 fully saturated rings. The molecule has 6 nitrogen and oxygen atoms in total. The van der Waals surface area contributed by atoms with Crippen molar-refractivity contribution in [2.24, 2.45) is 4.99 Å². The van der Waals surface area contributed by atoms with Crippen molar-refractivity contribution in [1.29, 1.82) is 0 Å². The molecular weight excluding hydrogens is 302 g/mol. The van der Waals surface area contributed by atoms with E-state index in [9.17, 15) is 4.79 Å². The molecule has 1 aliphatic rings. The molecule has 0 unspecified atom stereocenters. The molecule has 22 heavy (non-hydrogen) atoms. The first-order chi connectivity index (χ1) is 10.6. The lowest BCUT2D eigenvalue weighted by molar-refractivity contribution is -0.140. The van der Waals surface area contributed by atoms with Gasteiger partial charge in [0.05, 0.1) is 43.6 Å². The standard InChI is InChI=1S/C15H17N3O3S/c1-20-10-3-8-4-12(18-14(8)11(16)6-10)15-17-9(7-22-15)5-13(19)21-2/h3-4,6,9,18H,5,7,16H2,1-2H3/t9-/m1/s1. The van der Waals surface area contributed by atoms with Crippen LogP contribution >= 0.6 is 11.8 Å². The number of nitrogens with one attached hydrogen (secondary N) is 1. The number of nitrogen functional groups attached to an aromatic ring is 1. The van der Waals surface area contributed by atoms with Crippen molar-refractivity contribution >= 4 is 39.4 Å². The molecule has 0 bridgehead atoms. The summed E-state index contributed by atoms with van der Waals surface area (Å²) < 4.78 is 9.92. The zero-order chi connectivity index (χ0) is 15.7. The number of esters is 1. The summed E-state index contributed by atoms with van der Waals surface area (Å²) >= 11 is 1.63. The van der Waals surface area contributed by atoms with Crippen molar-refractivity contribution in [3.63, 3.8) is 0 Å². The average molecular weight is 319 g/mol. The lowest BCUT2D eigenvalue weighted by Crippen LogP contribution is -2.12. The lowest BCUT2D eigenvalue weighted by atomic mass is 10.2. The molecule has 1 aromatic heterocycles. The number of benzene rings is 1. The number of aromatic amines is 1. The highest BCUT2D eigenvalue weighted by molar-refractivity contribution is 8.14. The smallest absolute Gasteiger partial charge is 0.307 e. The van der Waals surface area contributed by atoms with Gasteiger partial charge in [-0.05, 0) is 12.1 Å². The monoisotopic (exact) mass is 319 g/mol. The molecule has 3 N–H and O–H groups in total. The van der Waals surface area contributed by atoms with E-state index in [0.717, 1.165) is 33.1 Å². The van der Waals surface area contributed by atoms with Crippen LogP contribution in [-0.4, -0.2) is 42.0 Å². The summed E-state index contributed by atoms with van der Waals surface area (Å²) in [6.07, 6.45) is 0.309. The first-order valence-electron chi connectivity index (χ1n) is 6.84. The van der Waals surface area contributed by atoms with Crippen LogP contribution in [0.15, 0.2) is 23.2 Å². The van der Waals surface area contributed by atoms with Crippen molar-refractivity contribution < 1.29 is 14.3 Å². The Kier molecular flexibility index (Phi) is 3.98. The Balaban J connectivity index is 1.89. The summed E-state index contributed by atoms with van der Waals surface area (Å²) in [5.74, 6) is 1.26. The highest BCUT2D eigenvalue weighted by atomic mass is 32.2. The minimum absolute atomic E-state index is 0.0363. The van der Waals surface area contributed by atoms with Crippen molar-refractivity contribution in [1.82, 2.24) is 4.98 Å². The molecule has 0 amide bonds. The van der Waals surface area contributed by atoms with Gasteiger partial charge < -0.3 is 20.2 Å². The van der Waals surface area contributed by atoms with E-state index in [0.29, 0.717) is 12.1 Å². The molecular formula is C15H17N3O3S. The molecule has 1 aliphatic heterocycles. The molecule has 2 heterocycles. The minimum atomic E-state index is -0.235. The number of aromatic nitrogens is 1. The fraction of sp³-hybridized carbons (Fsp3) is 0.333. The number of rotatable bonds is 4. The van der Waals surface area contributed by atoms with Gasteiger partial charge in [0.2, 0.25) is 0 Å². The number of hydrogen-bond acceptors (Lipinski definition) is 6. The van der Waals surface area contributed by atoms with Gasteiger partial charge >= 0.3 is 5.97 Å². The third kappa shape index (κ3) is 2.76. The molecule has 1 aromatic carbocycles. The van der Waals surface area contributed by atoms with E-state index in [1.54, 1.807) is 24.9 Å². The van der Waals surface area contributed by atoms with Gasteiger partial charge in [-0.2, -0.15) is 0 Å². The second-order valence-corrected chi connectivity index (χ2v) is 6.05. The molecule has 0 saturated carbocycles. The molecule has 0 saturated heterocycles. The number of nitrogens with two attached hydrogens (primary N) is 1. The largest absolute Gasteiger partial charge is 0.497 e. The Morgan fingerprint density at radius 1 is 1.45 bits per heavy atom. The summed E-state index contributed by atoms with van der Waals surface area (Å²) in [7, 11) is 3.01. The Morgan fingerprint density at radius 3 is 3.00 bits per heavy atom. The van der Waals surface area contributed by atoms with E-state index in [1.165, 1.54) is 7.11 Å². The van der Waals surface area contributed by atoms with Crippen LogP contribution in [0.25, 0.3) is 10.9 Å². The van der Waals surface area contributed by atoms with E-state index in [-0.39, 0.29) is 12.0 Å². The Morgan fingerprint density at radius 2 is 2.27 bits per heavy atom. The second-order valence-electron chi connectivity index (χ2n) is 5.04. The van der Waals surface area contributed by atoms with Gasteiger partial charge in [0, 0.05) is 17.2 Å². The predicted octanol–water partition coefficient (Wildman–Crippen LogP) is 2.18. The number of carbonyl (C=O) groups excluding carboxylic acids is 1. The number of ether oxygens (including phenoxy) is 2. The van der Waals surface area contributed by atoms with Crippen LogP contribution in [0.5, 0.6) is 5.75 Å². The Bertz CT molecular complexity index is 754. The Labute approximate surface area is 132 Å². The quantitative estimate of drug-likeness (QED) is 0.666. The first-order valence-corrected chi connectivity index (χ1v) is 7.83. The van der Waals surface area contributed by atoms with Gasteiger partial charge in [-0.3, -0.25) is 9.79 Å². The van der Waals surface area contributed by atoms with Crippen LogP contribution in [0.3, 0.4) is 0 Å². The number of thioether (sulfide) groups is 1. The van der Waals surface area contributed by atoms with E-state index < -0.39 is 0 Å². The van der Waals surface area contributed by atoms with E-state index in [2.05, 4.69) is 14.7 Å². The van der Waals surface area contributed by atoms with Gasteiger partial charge in [0.15, 0.2) is 0 Å². The van der Waals surface area contributed by atoms with Crippen molar-refractivity contribution in [2.75, 3.05) is 25.7 Å². The maximum atomic E-state index is 11.3. The third-order valence-electron chi connectivity index (χ3n) is 3.54. The van der Waals surface area contributed by atoms with Crippen molar-refractivity contribution in [2.45, 2.75) is 12.5 Å². The summed E-state index contributed by atoms with van der Waals surface area (Å²) in [5, 5.41) is 1.87. The van der Waals surface area contributed by atoms with Gasteiger partial charge in [0.1, 0.15) is 10.8 Å². The molecule has 3 rings (SSSR count). The number of fused-ring (bicyclic) bond motifs is 1. The molecule has 0 radical (unpaired) electrons. The zero-order valence-corrected chi connectivity index (χ0v) is 13.2. The van der Waals surface area contributed by atoms with Gasteiger partial charge in [-0.1, -0.05) is 0 Å². The number of hydrogen-bond donors (Lipinski definition) is 2. The summed E-state index contributed by atoms with van der Waals surface area (Å²) in [6, 6.07) is 5.68. The first kappa shape index (κ1) is 14.8. The van der Waals surface area contributed by atoms with Crippen molar-refractivity contribution in [3.05, 3.63) is 23.9 Å². The predicted molar refractivity (Wildman–Crippen MR) is 88.7 cm³/mol. The average Bonchev–Trinajstić information content (AvgIpc) is 3.13. The number of H-pyrrole nitrogens is 1. The summed E-state index contributed by atoms with van der Waals surface area (Å²) in [5.41, 5.74) is 8.45. The highest BCUT2D eigenvalue weighted by Gasteiger charge is 2.23. The van der Waals surface area contributed by atoms with Gasteiger partial charge in [-0.15, -0.1) is 11.8 Å². The minimum Gasteiger partial charge on any atom is -0.497 e. The van der Waals surface area contributed by atoms with Crippen LogP contribution in [0, 0.1) is 0 Å². The number of nitrogens with zero attached hydrogens (tertiary/aromatic N) is 1. The number of anilines is 1. The molecule has 1 atom stereocenters. The number of aliphatic imine (C=N–C) groups is 1. The second kappa shape index (κ2) is 5.92. The van der Waals surface area contributed by atoms with Crippen LogP contribution in [-0.2, 0) is 9.53 Å². The molecule has 0 spiro atoms. The van der Waals surface area contributed by atoms with Crippen LogP contribution in [0.2, 0.25) is 0 Å². The molecule has 2 aromatic rings. The lowest BCUT2D eigenvalue weighted by Gasteiger charge is -2.02. The fourth-order valence-electron chi connectivity index (χ4n) is 2.42. The molecule has 7 heteroatoms. The van der Waals surface area contributed by atoms with E-state index in [4.69, 9.17) is 10.5 Å². The van der Waals surface area contributed by atoms with Gasteiger partial charge in [-0.25, -0.2) is 0 Å². The Hall–Kier alpha value is -2.15. The summed E-state index contributed by atoms with van der Waals surface area (Å²) in [6.45, 7) is 0. The molecule has 116 valence electrons. The zero-order valence-electron chi connectivity index (χ0n) is 12.4. The molecule has 0 aliphatic carbocycles. The maximum absolute atomic E-state index is 11.3. The van der Waals surface area contributed by atoms with E-state index >= 15 is 0 Å². The topological polar surface area (TPSA) is 89.7 Å².